The van der Waals surface area contributed by atoms with E-state index in [0.717, 1.165) is 5.56 Å². The Balaban J connectivity index is 2.11. The van der Waals surface area contributed by atoms with Crippen LogP contribution in [0.15, 0.2) is 42.5 Å². The average Bonchev–Trinajstić information content (AvgIpc) is 2.52. The second-order valence-electron chi connectivity index (χ2n) is 4.59. The van der Waals surface area contributed by atoms with Crippen molar-refractivity contribution in [3.8, 4) is 11.5 Å². The summed E-state index contributed by atoms with van der Waals surface area (Å²) in [7, 11) is 3.08. The van der Waals surface area contributed by atoms with Crippen molar-refractivity contribution in [3.63, 3.8) is 0 Å². The van der Waals surface area contributed by atoms with Gasteiger partial charge in [0.15, 0.2) is 0 Å². The first-order chi connectivity index (χ1) is 11.0. The molecule has 0 heterocycles. The van der Waals surface area contributed by atoms with Gasteiger partial charge in [-0.25, -0.2) is 0 Å². The van der Waals surface area contributed by atoms with Gasteiger partial charge in [-0.1, -0.05) is 23.2 Å². The van der Waals surface area contributed by atoms with Crippen LogP contribution >= 0.6 is 23.2 Å². The number of nitrogens with one attached hydrogen (secondary N) is 1. The molecule has 0 atom stereocenters. The Morgan fingerprint density at radius 3 is 2.35 bits per heavy atom. The summed E-state index contributed by atoms with van der Waals surface area (Å²) < 4.78 is 10.3. The molecule has 0 radical (unpaired) electrons. The Labute approximate surface area is 144 Å². The van der Waals surface area contributed by atoms with Gasteiger partial charge >= 0.3 is 0 Å². The van der Waals surface area contributed by atoms with Crippen molar-refractivity contribution in [3.05, 3.63) is 58.1 Å². The third-order valence-corrected chi connectivity index (χ3v) is 3.42. The maximum absolute atomic E-state index is 12.0. The first-order valence-corrected chi connectivity index (χ1v) is 7.44. The van der Waals surface area contributed by atoms with E-state index in [2.05, 4.69) is 5.32 Å². The van der Waals surface area contributed by atoms with Crippen molar-refractivity contribution in [2.75, 3.05) is 19.5 Å². The minimum atomic E-state index is -0.301. The maximum atomic E-state index is 12.0. The number of amides is 1. The van der Waals surface area contributed by atoms with Gasteiger partial charge in [-0.05, 0) is 42.0 Å². The summed E-state index contributed by atoms with van der Waals surface area (Å²) in [6.45, 7) is 0. The average molecular weight is 352 g/mol. The van der Waals surface area contributed by atoms with Crippen LogP contribution in [-0.2, 0) is 4.79 Å². The van der Waals surface area contributed by atoms with E-state index in [1.807, 2.05) is 0 Å². The SMILES string of the molecule is COc1ccc(NC(=O)/C=C/c2cc(Cl)cc(Cl)c2)c(OC)c1. The third-order valence-electron chi connectivity index (χ3n) is 2.98. The van der Waals surface area contributed by atoms with Crippen LogP contribution in [0.4, 0.5) is 5.69 Å². The highest BCUT2D eigenvalue weighted by Crippen LogP contribution is 2.29. The molecule has 0 spiro atoms. The summed E-state index contributed by atoms with van der Waals surface area (Å²) in [4.78, 5) is 12.0. The Hall–Kier alpha value is -2.17. The lowest BCUT2D eigenvalue weighted by Gasteiger charge is -2.10. The largest absolute Gasteiger partial charge is 0.497 e. The normalized spacial score (nSPS) is 10.6. The molecule has 120 valence electrons. The standard InChI is InChI=1S/C17H15Cl2NO3/c1-22-14-4-5-15(16(10-14)23-2)20-17(21)6-3-11-7-12(18)9-13(19)8-11/h3-10H,1-2H3,(H,20,21)/b6-3+. The molecule has 0 saturated heterocycles. The first kappa shape index (κ1) is 17.2. The predicted molar refractivity (Wildman–Crippen MR) is 93.7 cm³/mol. The monoisotopic (exact) mass is 351 g/mol. The Kier molecular flexibility index (Phi) is 5.90. The van der Waals surface area contributed by atoms with Crippen LogP contribution in [0, 0.1) is 0 Å². The molecule has 0 saturated carbocycles. The number of carbonyl (C=O) groups excluding carboxylic acids is 1. The maximum Gasteiger partial charge on any atom is 0.248 e. The lowest BCUT2D eigenvalue weighted by Crippen LogP contribution is -2.09. The van der Waals surface area contributed by atoms with Crippen LogP contribution in [0.3, 0.4) is 0 Å². The van der Waals surface area contributed by atoms with Crippen molar-refractivity contribution in [1.82, 2.24) is 0 Å². The molecule has 2 aromatic carbocycles. The highest BCUT2D eigenvalue weighted by atomic mass is 35.5. The molecule has 23 heavy (non-hydrogen) atoms. The van der Waals surface area contributed by atoms with Gasteiger partial charge in [0.1, 0.15) is 11.5 Å². The lowest BCUT2D eigenvalue weighted by atomic mass is 10.2. The van der Waals surface area contributed by atoms with Crippen LogP contribution < -0.4 is 14.8 Å². The molecule has 0 bridgehead atoms. The van der Waals surface area contributed by atoms with E-state index in [1.165, 1.54) is 13.2 Å². The second kappa shape index (κ2) is 7.90. The first-order valence-electron chi connectivity index (χ1n) is 6.69. The van der Waals surface area contributed by atoms with Crippen LogP contribution in [0.25, 0.3) is 6.08 Å². The molecule has 4 nitrogen and oxygen atoms in total. The highest BCUT2D eigenvalue weighted by molar-refractivity contribution is 6.34. The van der Waals surface area contributed by atoms with E-state index in [9.17, 15) is 4.79 Å². The molecule has 0 unspecified atom stereocenters. The molecular formula is C17H15Cl2NO3. The molecule has 1 N–H and O–H groups in total. The van der Waals surface area contributed by atoms with E-state index in [4.69, 9.17) is 32.7 Å². The fourth-order valence-corrected chi connectivity index (χ4v) is 2.46. The Morgan fingerprint density at radius 2 is 1.74 bits per heavy atom. The Morgan fingerprint density at radius 1 is 1.04 bits per heavy atom. The van der Waals surface area contributed by atoms with Crippen molar-refractivity contribution in [1.29, 1.82) is 0 Å². The van der Waals surface area contributed by atoms with Gasteiger partial charge in [-0.3, -0.25) is 4.79 Å². The van der Waals surface area contributed by atoms with Crippen molar-refractivity contribution in [2.24, 2.45) is 0 Å². The Bertz CT molecular complexity index is 724. The second-order valence-corrected chi connectivity index (χ2v) is 5.46. The zero-order valence-corrected chi connectivity index (χ0v) is 14.1. The molecule has 0 aliphatic rings. The van der Waals surface area contributed by atoms with Crippen LogP contribution in [0.2, 0.25) is 10.0 Å². The third kappa shape index (κ3) is 4.91. The minimum Gasteiger partial charge on any atom is -0.497 e. The molecule has 2 rings (SSSR count). The number of methoxy groups -OCH3 is 2. The van der Waals surface area contributed by atoms with E-state index < -0.39 is 0 Å². The molecule has 1 amide bonds. The van der Waals surface area contributed by atoms with Gasteiger partial charge in [-0.2, -0.15) is 0 Å². The molecule has 0 aliphatic heterocycles. The van der Waals surface area contributed by atoms with Gasteiger partial charge in [0.2, 0.25) is 5.91 Å². The molecule has 0 aliphatic carbocycles. The molecule has 0 fully saturated rings. The van der Waals surface area contributed by atoms with Gasteiger partial charge in [0, 0.05) is 22.2 Å². The summed E-state index contributed by atoms with van der Waals surface area (Å²) in [6, 6.07) is 10.2. The van der Waals surface area contributed by atoms with Gasteiger partial charge in [0.25, 0.3) is 0 Å². The van der Waals surface area contributed by atoms with Gasteiger partial charge in [-0.15, -0.1) is 0 Å². The number of hydrogen-bond acceptors (Lipinski definition) is 3. The number of ether oxygens (including phenoxy) is 2. The van der Waals surface area contributed by atoms with E-state index in [0.29, 0.717) is 27.2 Å². The number of benzene rings is 2. The zero-order valence-electron chi connectivity index (χ0n) is 12.6. The molecule has 6 heteroatoms. The summed E-state index contributed by atoms with van der Waals surface area (Å²) in [6.07, 6.45) is 3.02. The van der Waals surface area contributed by atoms with Gasteiger partial charge < -0.3 is 14.8 Å². The van der Waals surface area contributed by atoms with E-state index in [-0.39, 0.29) is 5.91 Å². The fourth-order valence-electron chi connectivity index (χ4n) is 1.92. The quantitative estimate of drug-likeness (QED) is 0.796. The van der Waals surface area contributed by atoms with Crippen LogP contribution in [0.5, 0.6) is 11.5 Å². The van der Waals surface area contributed by atoms with Crippen molar-refractivity contribution >= 4 is 40.9 Å². The number of carbonyl (C=O) groups is 1. The highest BCUT2D eigenvalue weighted by Gasteiger charge is 2.07. The number of rotatable bonds is 5. The summed E-state index contributed by atoms with van der Waals surface area (Å²) in [5.41, 5.74) is 1.28. The zero-order chi connectivity index (χ0) is 16.8. The molecule has 2 aromatic rings. The molecular weight excluding hydrogens is 337 g/mol. The lowest BCUT2D eigenvalue weighted by molar-refractivity contribution is -0.111. The number of hydrogen-bond donors (Lipinski definition) is 1. The minimum absolute atomic E-state index is 0.301. The van der Waals surface area contributed by atoms with Crippen LogP contribution in [-0.4, -0.2) is 20.1 Å². The summed E-state index contributed by atoms with van der Waals surface area (Å²) >= 11 is 11.8. The summed E-state index contributed by atoms with van der Waals surface area (Å²) in [5.74, 6) is 0.852. The van der Waals surface area contributed by atoms with Crippen molar-refractivity contribution < 1.29 is 14.3 Å². The van der Waals surface area contributed by atoms with E-state index in [1.54, 1.807) is 49.6 Å². The van der Waals surface area contributed by atoms with Crippen molar-refractivity contribution in [2.45, 2.75) is 0 Å². The number of halogens is 2. The number of anilines is 1. The van der Waals surface area contributed by atoms with Crippen LogP contribution in [0.1, 0.15) is 5.56 Å². The smallest absolute Gasteiger partial charge is 0.248 e. The predicted octanol–water partition coefficient (Wildman–Crippen LogP) is 4.66. The van der Waals surface area contributed by atoms with Gasteiger partial charge in [0.05, 0.1) is 19.9 Å². The summed E-state index contributed by atoms with van der Waals surface area (Å²) in [5, 5.41) is 3.76. The topological polar surface area (TPSA) is 47.6 Å². The van der Waals surface area contributed by atoms with E-state index >= 15 is 0 Å². The fraction of sp³-hybridized carbons (Fsp3) is 0.118. The molecule has 0 aromatic heterocycles.